The third-order valence-corrected chi connectivity index (χ3v) is 4.97. The summed E-state index contributed by atoms with van der Waals surface area (Å²) in [5, 5.41) is 3.37. The van der Waals surface area contributed by atoms with Crippen LogP contribution in [-0.4, -0.2) is 57.8 Å². The number of hydrogen-bond acceptors (Lipinski definition) is 4. The number of hydrogen-bond donors (Lipinski definition) is 2. The molecule has 0 spiro atoms. The van der Waals surface area contributed by atoms with Gasteiger partial charge in [-0.15, -0.1) is 0 Å². The van der Waals surface area contributed by atoms with Crippen molar-refractivity contribution in [3.63, 3.8) is 0 Å². The molecule has 0 aromatic rings. The molecular weight excluding hydrogens is 250 g/mol. The molecular formula is C12H27N3O2S. The van der Waals surface area contributed by atoms with E-state index in [-0.39, 0.29) is 5.75 Å². The first-order valence-electron chi connectivity index (χ1n) is 6.83. The monoisotopic (exact) mass is 277 g/mol. The normalized spacial score (nSPS) is 23.2. The molecule has 1 saturated heterocycles. The third-order valence-electron chi connectivity index (χ3n) is 3.61. The maximum Gasteiger partial charge on any atom is 0.212 e. The van der Waals surface area contributed by atoms with Gasteiger partial charge in [0.05, 0.1) is 5.75 Å². The van der Waals surface area contributed by atoms with Gasteiger partial charge in [0.15, 0.2) is 0 Å². The quantitative estimate of drug-likeness (QED) is 0.737. The van der Waals surface area contributed by atoms with Crippen molar-refractivity contribution >= 4 is 10.0 Å². The summed E-state index contributed by atoms with van der Waals surface area (Å²) in [7, 11) is -1.62. The highest BCUT2D eigenvalue weighted by Gasteiger charge is 2.18. The first-order chi connectivity index (χ1) is 8.44. The van der Waals surface area contributed by atoms with Crippen molar-refractivity contribution in [1.82, 2.24) is 14.9 Å². The summed E-state index contributed by atoms with van der Waals surface area (Å²) in [4.78, 5) is 2.49. The number of likely N-dealkylation sites (tertiary alicyclic amines) is 1. The first-order valence-corrected chi connectivity index (χ1v) is 8.48. The average Bonchev–Trinajstić information content (AvgIpc) is 2.54. The van der Waals surface area contributed by atoms with Crippen LogP contribution in [-0.2, 0) is 10.0 Å². The summed E-state index contributed by atoms with van der Waals surface area (Å²) in [5.41, 5.74) is 0. The van der Waals surface area contributed by atoms with E-state index in [1.54, 1.807) is 0 Å². The van der Waals surface area contributed by atoms with E-state index in [0.717, 1.165) is 25.9 Å². The highest BCUT2D eigenvalue weighted by molar-refractivity contribution is 7.89. The Labute approximate surface area is 111 Å². The Kier molecular flexibility index (Phi) is 6.55. The number of sulfonamides is 1. The van der Waals surface area contributed by atoms with Crippen LogP contribution in [0.25, 0.3) is 0 Å². The summed E-state index contributed by atoms with van der Waals surface area (Å²) >= 11 is 0. The van der Waals surface area contributed by atoms with Gasteiger partial charge in [0.2, 0.25) is 10.0 Å². The molecule has 0 saturated carbocycles. The summed E-state index contributed by atoms with van der Waals surface area (Å²) < 4.78 is 24.9. The Morgan fingerprint density at radius 1 is 1.28 bits per heavy atom. The molecule has 1 aliphatic rings. The van der Waals surface area contributed by atoms with Crippen LogP contribution in [0, 0.1) is 0 Å². The van der Waals surface area contributed by atoms with Crippen molar-refractivity contribution in [3.8, 4) is 0 Å². The number of nitrogens with zero attached hydrogens (tertiary/aromatic N) is 1. The fourth-order valence-electron chi connectivity index (χ4n) is 2.34. The second-order valence-electron chi connectivity index (χ2n) is 5.23. The number of rotatable bonds is 6. The molecule has 0 aliphatic carbocycles. The molecule has 1 atom stereocenters. The van der Waals surface area contributed by atoms with Crippen molar-refractivity contribution in [2.24, 2.45) is 0 Å². The Hall–Kier alpha value is -0.170. The van der Waals surface area contributed by atoms with Crippen LogP contribution in [0.2, 0.25) is 0 Å². The topological polar surface area (TPSA) is 61.4 Å². The van der Waals surface area contributed by atoms with E-state index in [1.807, 2.05) is 0 Å². The summed E-state index contributed by atoms with van der Waals surface area (Å²) in [6, 6.07) is 1.06. The van der Waals surface area contributed by atoms with Crippen molar-refractivity contribution in [1.29, 1.82) is 0 Å². The molecule has 0 radical (unpaired) electrons. The molecule has 1 heterocycles. The molecule has 1 unspecified atom stereocenters. The standard InChI is InChI=1S/C12H27N3O2S/c1-11(2)15-8-4-5-12(6-9-15)14-7-10-18(16,17)13-3/h11-14H,4-10H2,1-3H3. The zero-order chi connectivity index (χ0) is 13.6. The van der Waals surface area contributed by atoms with Crippen LogP contribution in [0.15, 0.2) is 0 Å². The van der Waals surface area contributed by atoms with Gasteiger partial charge in [-0.2, -0.15) is 0 Å². The predicted molar refractivity (Wildman–Crippen MR) is 75.2 cm³/mol. The lowest BCUT2D eigenvalue weighted by atomic mass is 10.1. The van der Waals surface area contributed by atoms with E-state index in [9.17, 15) is 8.42 Å². The van der Waals surface area contributed by atoms with Gasteiger partial charge in [-0.3, -0.25) is 0 Å². The Morgan fingerprint density at radius 2 is 2.00 bits per heavy atom. The second kappa shape index (κ2) is 7.43. The van der Waals surface area contributed by atoms with Gasteiger partial charge in [0.1, 0.15) is 0 Å². The Bertz CT molecular complexity index is 330. The van der Waals surface area contributed by atoms with Crippen LogP contribution in [0.4, 0.5) is 0 Å². The van der Waals surface area contributed by atoms with Gasteiger partial charge in [-0.1, -0.05) is 0 Å². The molecule has 2 N–H and O–H groups in total. The van der Waals surface area contributed by atoms with E-state index < -0.39 is 10.0 Å². The summed E-state index contributed by atoms with van der Waals surface area (Å²) in [6.07, 6.45) is 3.44. The van der Waals surface area contributed by atoms with E-state index >= 15 is 0 Å². The largest absolute Gasteiger partial charge is 0.313 e. The lowest BCUT2D eigenvalue weighted by molar-refractivity contribution is 0.229. The molecule has 1 fully saturated rings. The Balaban J connectivity index is 2.28. The molecule has 1 rings (SSSR count). The van der Waals surface area contributed by atoms with E-state index in [4.69, 9.17) is 0 Å². The average molecular weight is 277 g/mol. The van der Waals surface area contributed by atoms with Gasteiger partial charge in [0, 0.05) is 18.6 Å². The highest BCUT2D eigenvalue weighted by atomic mass is 32.2. The maximum absolute atomic E-state index is 11.3. The molecule has 6 heteroatoms. The highest BCUT2D eigenvalue weighted by Crippen LogP contribution is 2.13. The molecule has 0 aromatic carbocycles. The minimum absolute atomic E-state index is 0.161. The summed E-state index contributed by atoms with van der Waals surface area (Å²) in [5.74, 6) is 0.161. The van der Waals surface area contributed by atoms with Crippen molar-refractivity contribution in [2.45, 2.75) is 45.2 Å². The van der Waals surface area contributed by atoms with Gasteiger partial charge in [-0.25, -0.2) is 13.1 Å². The lowest BCUT2D eigenvalue weighted by Gasteiger charge is -2.24. The van der Waals surface area contributed by atoms with Crippen LogP contribution in [0.5, 0.6) is 0 Å². The van der Waals surface area contributed by atoms with E-state index in [1.165, 1.54) is 13.5 Å². The zero-order valence-corrected chi connectivity index (χ0v) is 12.6. The van der Waals surface area contributed by atoms with Gasteiger partial charge in [-0.05, 0) is 53.2 Å². The third kappa shape index (κ3) is 5.65. The van der Waals surface area contributed by atoms with E-state index in [2.05, 4.69) is 28.8 Å². The predicted octanol–water partition coefficient (Wildman–Crippen LogP) is 0.388. The van der Waals surface area contributed by atoms with Crippen LogP contribution < -0.4 is 10.0 Å². The minimum Gasteiger partial charge on any atom is -0.313 e. The molecule has 108 valence electrons. The van der Waals surface area contributed by atoms with Crippen molar-refractivity contribution < 1.29 is 8.42 Å². The van der Waals surface area contributed by atoms with Crippen LogP contribution in [0.3, 0.4) is 0 Å². The van der Waals surface area contributed by atoms with Gasteiger partial charge >= 0.3 is 0 Å². The summed E-state index contributed by atoms with van der Waals surface area (Å²) in [6.45, 7) is 7.26. The minimum atomic E-state index is -3.08. The molecule has 0 aromatic heterocycles. The second-order valence-corrected chi connectivity index (χ2v) is 7.28. The maximum atomic E-state index is 11.3. The van der Waals surface area contributed by atoms with E-state index in [0.29, 0.717) is 18.6 Å². The van der Waals surface area contributed by atoms with Crippen molar-refractivity contribution in [2.75, 3.05) is 32.4 Å². The first kappa shape index (κ1) is 15.9. The molecule has 0 amide bonds. The fourth-order valence-corrected chi connectivity index (χ4v) is 2.93. The molecule has 0 bridgehead atoms. The molecule has 18 heavy (non-hydrogen) atoms. The number of nitrogens with one attached hydrogen (secondary N) is 2. The smallest absolute Gasteiger partial charge is 0.212 e. The SMILES string of the molecule is CNS(=O)(=O)CCNC1CCCN(C(C)C)CC1. The molecule has 1 aliphatic heterocycles. The lowest BCUT2D eigenvalue weighted by Crippen LogP contribution is -2.37. The Morgan fingerprint density at radius 3 is 2.61 bits per heavy atom. The van der Waals surface area contributed by atoms with Crippen LogP contribution >= 0.6 is 0 Å². The zero-order valence-electron chi connectivity index (χ0n) is 11.8. The van der Waals surface area contributed by atoms with Crippen molar-refractivity contribution in [3.05, 3.63) is 0 Å². The fraction of sp³-hybridized carbons (Fsp3) is 1.00. The van der Waals surface area contributed by atoms with Crippen LogP contribution in [0.1, 0.15) is 33.1 Å². The van der Waals surface area contributed by atoms with Gasteiger partial charge < -0.3 is 10.2 Å². The van der Waals surface area contributed by atoms with Gasteiger partial charge in [0.25, 0.3) is 0 Å². The molecule has 5 nitrogen and oxygen atoms in total.